The molecule has 0 bridgehead atoms. The lowest BCUT2D eigenvalue weighted by Gasteiger charge is -2.04. The van der Waals surface area contributed by atoms with E-state index in [0.717, 1.165) is 36.7 Å². The van der Waals surface area contributed by atoms with Crippen LogP contribution in [0.1, 0.15) is 18.4 Å². The van der Waals surface area contributed by atoms with Crippen LogP contribution >= 0.6 is 11.8 Å². The van der Waals surface area contributed by atoms with Crippen LogP contribution in [0.3, 0.4) is 0 Å². The second-order valence-electron chi connectivity index (χ2n) is 6.44. The van der Waals surface area contributed by atoms with Gasteiger partial charge in [-0.2, -0.15) is 0 Å². The number of rotatable bonds is 12. The number of benzene rings is 2. The molecule has 3 aromatic rings. The zero-order valence-corrected chi connectivity index (χ0v) is 18.8. The largest absolute Gasteiger partial charge is 0.493 e. The quantitative estimate of drug-likeness (QED) is 0.243. The standard InChI is InChI=1S/C21H24N4O2S.C3H6/c1-22-11-12-23-15-17-7-9-18(10-8-17)21-25-24-20(27-21)16-28-14-13-26-19-5-3-2-4-6-19;1-3-2/h2-10,23H,1,11-16H2;3H,1H2,2H3. The van der Waals surface area contributed by atoms with Gasteiger partial charge < -0.3 is 14.5 Å². The number of hydrogen-bond acceptors (Lipinski definition) is 7. The maximum atomic E-state index is 5.77. The summed E-state index contributed by atoms with van der Waals surface area (Å²) in [5.41, 5.74) is 2.12. The van der Waals surface area contributed by atoms with E-state index in [-0.39, 0.29) is 0 Å². The number of allylic oxidation sites excluding steroid dienone is 1. The van der Waals surface area contributed by atoms with Gasteiger partial charge in [0.25, 0.3) is 0 Å². The van der Waals surface area contributed by atoms with Crippen LogP contribution in [0.25, 0.3) is 11.5 Å². The average Bonchev–Trinajstić information content (AvgIpc) is 3.27. The minimum Gasteiger partial charge on any atom is -0.493 e. The molecule has 1 heterocycles. The van der Waals surface area contributed by atoms with E-state index in [1.165, 1.54) is 5.56 Å². The van der Waals surface area contributed by atoms with Crippen LogP contribution in [-0.2, 0) is 12.3 Å². The molecule has 0 spiro atoms. The molecule has 0 amide bonds. The molecular weight excluding hydrogens is 408 g/mol. The third kappa shape index (κ3) is 9.63. The van der Waals surface area contributed by atoms with Gasteiger partial charge in [0.1, 0.15) is 5.75 Å². The van der Waals surface area contributed by atoms with E-state index in [2.05, 4.69) is 45.9 Å². The lowest BCUT2D eigenvalue weighted by Crippen LogP contribution is -2.16. The molecule has 0 atom stereocenters. The fraction of sp³-hybridized carbons (Fsp3) is 0.292. The van der Waals surface area contributed by atoms with Crippen molar-refractivity contribution in [2.45, 2.75) is 19.2 Å². The third-order valence-electron chi connectivity index (χ3n) is 3.91. The number of nitrogens with one attached hydrogen (secondary N) is 1. The van der Waals surface area contributed by atoms with Crippen LogP contribution in [0.2, 0.25) is 0 Å². The molecule has 31 heavy (non-hydrogen) atoms. The van der Waals surface area contributed by atoms with Gasteiger partial charge in [-0.05, 0) is 43.5 Å². The Morgan fingerprint density at radius 2 is 1.87 bits per heavy atom. The lowest BCUT2D eigenvalue weighted by molar-refractivity contribution is 0.344. The highest BCUT2D eigenvalue weighted by Gasteiger charge is 2.08. The first-order valence-corrected chi connectivity index (χ1v) is 11.3. The molecule has 164 valence electrons. The Bertz CT molecular complexity index is 882. The molecule has 0 saturated heterocycles. The smallest absolute Gasteiger partial charge is 0.247 e. The van der Waals surface area contributed by atoms with Crippen molar-refractivity contribution in [3.05, 3.63) is 78.7 Å². The molecule has 2 aromatic carbocycles. The fourth-order valence-electron chi connectivity index (χ4n) is 2.48. The van der Waals surface area contributed by atoms with E-state index in [1.807, 2.05) is 49.4 Å². The molecule has 0 unspecified atom stereocenters. The number of hydrogen-bond donors (Lipinski definition) is 1. The number of aliphatic imine (C=N–C) groups is 1. The van der Waals surface area contributed by atoms with Crippen LogP contribution in [0.4, 0.5) is 0 Å². The van der Waals surface area contributed by atoms with E-state index in [4.69, 9.17) is 9.15 Å². The van der Waals surface area contributed by atoms with Crippen LogP contribution in [-0.4, -0.2) is 42.4 Å². The molecule has 0 fully saturated rings. The first kappa shape index (κ1) is 24.4. The molecule has 1 N–H and O–H groups in total. The summed E-state index contributed by atoms with van der Waals surface area (Å²) in [4.78, 5) is 3.82. The fourth-order valence-corrected chi connectivity index (χ4v) is 3.12. The monoisotopic (exact) mass is 438 g/mol. The number of thioether (sulfide) groups is 1. The van der Waals surface area contributed by atoms with E-state index in [1.54, 1.807) is 17.8 Å². The topological polar surface area (TPSA) is 72.5 Å². The summed E-state index contributed by atoms with van der Waals surface area (Å²) in [6.45, 7) is 11.7. The second-order valence-corrected chi connectivity index (χ2v) is 7.55. The van der Waals surface area contributed by atoms with Crippen molar-refractivity contribution in [2.75, 3.05) is 25.4 Å². The minimum atomic E-state index is 0.548. The van der Waals surface area contributed by atoms with Gasteiger partial charge in [0.05, 0.1) is 18.9 Å². The number of aromatic nitrogens is 2. The molecule has 6 nitrogen and oxygen atoms in total. The Morgan fingerprint density at radius 1 is 1.13 bits per heavy atom. The van der Waals surface area contributed by atoms with Crippen molar-refractivity contribution in [2.24, 2.45) is 4.99 Å². The van der Waals surface area contributed by atoms with Gasteiger partial charge in [0.2, 0.25) is 11.8 Å². The normalized spacial score (nSPS) is 10.1. The van der Waals surface area contributed by atoms with E-state index in [9.17, 15) is 0 Å². The Hall–Kier alpha value is -2.90. The van der Waals surface area contributed by atoms with Gasteiger partial charge in [-0.3, -0.25) is 4.99 Å². The molecule has 7 heteroatoms. The molecule has 1 aromatic heterocycles. The second kappa shape index (κ2) is 15.0. The first-order valence-electron chi connectivity index (χ1n) is 10.1. The Balaban J connectivity index is 0.00000107. The molecule has 3 rings (SSSR count). The maximum Gasteiger partial charge on any atom is 0.247 e. The summed E-state index contributed by atoms with van der Waals surface area (Å²) in [7, 11) is 0. The zero-order valence-electron chi connectivity index (χ0n) is 18.0. The van der Waals surface area contributed by atoms with Crippen molar-refractivity contribution in [3.8, 4) is 17.2 Å². The minimum absolute atomic E-state index is 0.548. The molecule has 0 aliphatic rings. The summed E-state index contributed by atoms with van der Waals surface area (Å²) >= 11 is 1.71. The van der Waals surface area contributed by atoms with Crippen molar-refractivity contribution in [1.82, 2.24) is 15.5 Å². The van der Waals surface area contributed by atoms with Crippen LogP contribution in [0, 0.1) is 0 Å². The van der Waals surface area contributed by atoms with Crippen LogP contribution in [0.15, 0.2) is 76.7 Å². The summed E-state index contributed by atoms with van der Waals surface area (Å²) in [6, 6.07) is 17.9. The highest BCUT2D eigenvalue weighted by molar-refractivity contribution is 7.98. The zero-order chi connectivity index (χ0) is 22.2. The van der Waals surface area contributed by atoms with E-state index < -0.39 is 0 Å². The van der Waals surface area contributed by atoms with E-state index >= 15 is 0 Å². The van der Waals surface area contributed by atoms with Gasteiger partial charge in [-0.1, -0.05) is 36.4 Å². The molecular formula is C24H30N4O2S. The Morgan fingerprint density at radius 3 is 2.58 bits per heavy atom. The average molecular weight is 439 g/mol. The van der Waals surface area contributed by atoms with Gasteiger partial charge in [-0.15, -0.1) is 28.5 Å². The first-order chi connectivity index (χ1) is 15.3. The third-order valence-corrected chi connectivity index (χ3v) is 4.82. The van der Waals surface area contributed by atoms with Gasteiger partial charge in [-0.25, -0.2) is 0 Å². The van der Waals surface area contributed by atoms with Gasteiger partial charge >= 0.3 is 0 Å². The van der Waals surface area contributed by atoms with E-state index in [0.29, 0.717) is 24.1 Å². The molecule has 0 aliphatic heterocycles. The molecule has 0 aliphatic carbocycles. The lowest BCUT2D eigenvalue weighted by atomic mass is 10.1. The Kier molecular flexibility index (Phi) is 11.8. The molecule has 0 radical (unpaired) electrons. The van der Waals surface area contributed by atoms with Crippen molar-refractivity contribution < 1.29 is 9.15 Å². The van der Waals surface area contributed by atoms with Crippen LogP contribution < -0.4 is 10.1 Å². The summed E-state index contributed by atoms with van der Waals surface area (Å²) in [6.07, 6.45) is 1.75. The number of nitrogens with zero attached hydrogens (tertiary/aromatic N) is 3. The van der Waals surface area contributed by atoms with Crippen molar-refractivity contribution in [1.29, 1.82) is 0 Å². The highest BCUT2D eigenvalue weighted by Crippen LogP contribution is 2.20. The van der Waals surface area contributed by atoms with Crippen molar-refractivity contribution >= 4 is 18.5 Å². The highest BCUT2D eigenvalue weighted by atomic mass is 32.2. The maximum absolute atomic E-state index is 5.77. The predicted molar refractivity (Wildman–Crippen MR) is 130 cm³/mol. The predicted octanol–water partition coefficient (Wildman–Crippen LogP) is 5.03. The molecule has 0 saturated carbocycles. The van der Waals surface area contributed by atoms with Gasteiger partial charge in [0, 0.05) is 24.4 Å². The SMILES string of the molecule is C=CC.C=NCCNCc1ccc(-c2nnc(CSCCOc3ccccc3)o2)cc1. The summed E-state index contributed by atoms with van der Waals surface area (Å²) < 4.78 is 11.4. The van der Waals surface area contributed by atoms with Crippen LogP contribution in [0.5, 0.6) is 5.75 Å². The van der Waals surface area contributed by atoms with Gasteiger partial charge in [0.15, 0.2) is 0 Å². The number of ether oxygens (including phenoxy) is 1. The summed E-state index contributed by atoms with van der Waals surface area (Å²) in [5.74, 6) is 3.59. The summed E-state index contributed by atoms with van der Waals surface area (Å²) in [5, 5.41) is 11.6. The van der Waals surface area contributed by atoms with Crippen molar-refractivity contribution in [3.63, 3.8) is 0 Å². The number of para-hydroxylation sites is 1. The Labute approximate surface area is 188 Å².